The average molecular weight is 301 g/mol. The lowest BCUT2D eigenvalue weighted by Gasteiger charge is -2.18. The van der Waals surface area contributed by atoms with E-state index < -0.39 is 0 Å². The molecule has 2 aromatic carbocycles. The van der Waals surface area contributed by atoms with E-state index in [0.717, 1.165) is 28.4 Å². The number of nitrogens with zero attached hydrogens (tertiary/aromatic N) is 5. The molecule has 2 aromatic heterocycles. The lowest BCUT2D eigenvalue weighted by Crippen LogP contribution is -2.16. The number of benzene rings is 2. The zero-order valence-electron chi connectivity index (χ0n) is 12.7. The van der Waals surface area contributed by atoms with E-state index in [1.165, 1.54) is 0 Å². The van der Waals surface area contributed by atoms with Crippen LogP contribution in [0.1, 0.15) is 0 Å². The summed E-state index contributed by atoms with van der Waals surface area (Å²) < 4.78 is 1.77. The van der Waals surface area contributed by atoms with Crippen LogP contribution in [0.25, 0.3) is 16.8 Å². The molecule has 0 aliphatic heterocycles. The van der Waals surface area contributed by atoms with Crippen molar-refractivity contribution < 1.29 is 0 Å². The van der Waals surface area contributed by atoms with E-state index in [1.807, 2.05) is 66.7 Å². The van der Waals surface area contributed by atoms with Crippen LogP contribution in [0.2, 0.25) is 0 Å². The maximum Gasteiger partial charge on any atom is 0.234 e. The zero-order chi connectivity index (χ0) is 15.6. The van der Waals surface area contributed by atoms with Gasteiger partial charge in [-0.1, -0.05) is 48.5 Å². The molecule has 0 amide bonds. The summed E-state index contributed by atoms with van der Waals surface area (Å²) in [5.41, 5.74) is 3.93. The number of aromatic nitrogens is 4. The third-order valence-corrected chi connectivity index (χ3v) is 3.81. The van der Waals surface area contributed by atoms with E-state index in [4.69, 9.17) is 0 Å². The molecule has 4 rings (SSSR count). The fraction of sp³-hybridized carbons (Fsp3) is 0.0556. The molecule has 23 heavy (non-hydrogen) atoms. The third-order valence-electron chi connectivity index (χ3n) is 3.81. The van der Waals surface area contributed by atoms with Crippen molar-refractivity contribution in [3.8, 4) is 11.1 Å². The normalized spacial score (nSPS) is 10.8. The highest BCUT2D eigenvalue weighted by molar-refractivity contribution is 5.77. The van der Waals surface area contributed by atoms with Crippen LogP contribution in [-0.2, 0) is 0 Å². The summed E-state index contributed by atoms with van der Waals surface area (Å²) in [6, 6.07) is 20.2. The first-order chi connectivity index (χ1) is 11.3. The van der Waals surface area contributed by atoms with E-state index in [9.17, 15) is 0 Å². The van der Waals surface area contributed by atoms with Gasteiger partial charge in [0.25, 0.3) is 0 Å². The Morgan fingerprint density at radius 1 is 0.870 bits per heavy atom. The van der Waals surface area contributed by atoms with E-state index >= 15 is 0 Å². The van der Waals surface area contributed by atoms with Gasteiger partial charge in [-0.15, -0.1) is 0 Å². The lowest BCUT2D eigenvalue weighted by molar-refractivity contribution is 0.865. The molecule has 5 nitrogen and oxygen atoms in total. The Morgan fingerprint density at radius 3 is 2.30 bits per heavy atom. The molecule has 0 radical (unpaired) electrons. The highest BCUT2D eigenvalue weighted by Gasteiger charge is 2.14. The van der Waals surface area contributed by atoms with Crippen molar-refractivity contribution in [2.45, 2.75) is 0 Å². The summed E-state index contributed by atoms with van der Waals surface area (Å²) in [7, 11) is 1.97. The van der Waals surface area contributed by atoms with Crippen molar-refractivity contribution >= 4 is 17.3 Å². The van der Waals surface area contributed by atoms with Crippen molar-refractivity contribution in [2.24, 2.45) is 0 Å². The Labute approximate surface area is 133 Å². The van der Waals surface area contributed by atoms with Gasteiger partial charge in [0.1, 0.15) is 6.33 Å². The van der Waals surface area contributed by atoms with Gasteiger partial charge in [0.05, 0.1) is 6.20 Å². The maximum atomic E-state index is 4.49. The molecule has 0 unspecified atom stereocenters. The molecule has 0 atom stereocenters. The summed E-state index contributed by atoms with van der Waals surface area (Å²) >= 11 is 0. The van der Waals surface area contributed by atoms with Crippen LogP contribution in [-0.4, -0.2) is 26.6 Å². The molecule has 112 valence electrons. The van der Waals surface area contributed by atoms with E-state index in [0.29, 0.717) is 0 Å². The number of para-hydroxylation sites is 1. The molecule has 2 heterocycles. The minimum Gasteiger partial charge on any atom is -0.313 e. The van der Waals surface area contributed by atoms with Gasteiger partial charge in [-0.3, -0.25) is 0 Å². The molecule has 0 saturated heterocycles. The zero-order valence-corrected chi connectivity index (χ0v) is 12.7. The van der Waals surface area contributed by atoms with Gasteiger partial charge >= 0.3 is 0 Å². The summed E-state index contributed by atoms with van der Waals surface area (Å²) in [4.78, 5) is 10.8. The molecule has 0 aliphatic rings. The maximum absolute atomic E-state index is 4.49. The summed E-state index contributed by atoms with van der Waals surface area (Å²) in [5.74, 6) is 0.725. The predicted molar refractivity (Wildman–Crippen MR) is 90.7 cm³/mol. The number of hydrogen-bond acceptors (Lipinski definition) is 4. The highest BCUT2D eigenvalue weighted by Crippen LogP contribution is 2.26. The largest absolute Gasteiger partial charge is 0.313 e. The fourth-order valence-corrected chi connectivity index (χ4v) is 2.62. The minimum atomic E-state index is 0.725. The lowest BCUT2D eigenvalue weighted by atomic mass is 10.1. The van der Waals surface area contributed by atoms with Crippen LogP contribution >= 0.6 is 0 Å². The first-order valence-electron chi connectivity index (χ1n) is 7.37. The molecule has 0 spiro atoms. The molecule has 0 N–H and O–H groups in total. The predicted octanol–water partition coefficient (Wildman–Crippen LogP) is 3.56. The molecule has 4 aromatic rings. The van der Waals surface area contributed by atoms with Gasteiger partial charge in [0.15, 0.2) is 5.65 Å². The van der Waals surface area contributed by atoms with Gasteiger partial charge < -0.3 is 4.90 Å². The monoisotopic (exact) mass is 301 g/mol. The third kappa shape index (κ3) is 2.32. The fourth-order valence-electron chi connectivity index (χ4n) is 2.62. The van der Waals surface area contributed by atoms with Crippen molar-refractivity contribution in [2.75, 3.05) is 11.9 Å². The second-order valence-corrected chi connectivity index (χ2v) is 5.23. The quantitative estimate of drug-likeness (QED) is 0.580. The van der Waals surface area contributed by atoms with Crippen LogP contribution in [0.4, 0.5) is 11.6 Å². The summed E-state index contributed by atoms with van der Waals surface area (Å²) in [5, 5.41) is 4.49. The first kappa shape index (κ1) is 13.5. The van der Waals surface area contributed by atoms with Crippen LogP contribution in [0.15, 0.2) is 73.2 Å². The SMILES string of the molecule is CN(c1ccccc1)c1ncnc2c(-c3ccccc3)cnn12. The van der Waals surface area contributed by atoms with Crippen LogP contribution in [0.5, 0.6) is 0 Å². The van der Waals surface area contributed by atoms with Crippen LogP contribution in [0.3, 0.4) is 0 Å². The molecule has 0 saturated carbocycles. The molecule has 0 fully saturated rings. The minimum absolute atomic E-state index is 0.725. The summed E-state index contributed by atoms with van der Waals surface area (Å²) in [6.45, 7) is 0. The Kier molecular flexibility index (Phi) is 3.24. The molecule has 5 heteroatoms. The topological polar surface area (TPSA) is 46.3 Å². The van der Waals surface area contributed by atoms with Crippen molar-refractivity contribution in [3.05, 3.63) is 73.2 Å². The second-order valence-electron chi connectivity index (χ2n) is 5.23. The standard InChI is InChI=1S/C18H15N5/c1-22(15-10-6-3-7-11-15)18-20-13-19-17-16(12-21-23(17)18)14-8-4-2-5-9-14/h2-13H,1H3. The number of hydrogen-bond donors (Lipinski definition) is 0. The van der Waals surface area contributed by atoms with Crippen molar-refractivity contribution in [1.29, 1.82) is 0 Å². The van der Waals surface area contributed by atoms with E-state index in [2.05, 4.69) is 27.2 Å². The Hall–Kier alpha value is -3.21. The van der Waals surface area contributed by atoms with Crippen LogP contribution in [0, 0.1) is 0 Å². The van der Waals surface area contributed by atoms with Gasteiger partial charge in [-0.2, -0.15) is 9.61 Å². The molecular weight excluding hydrogens is 286 g/mol. The molecule has 0 bridgehead atoms. The first-order valence-corrected chi connectivity index (χ1v) is 7.37. The smallest absolute Gasteiger partial charge is 0.234 e. The Morgan fingerprint density at radius 2 is 1.57 bits per heavy atom. The number of anilines is 2. The van der Waals surface area contributed by atoms with Gasteiger partial charge in [0, 0.05) is 18.3 Å². The van der Waals surface area contributed by atoms with Crippen LogP contribution < -0.4 is 4.90 Å². The number of fused-ring (bicyclic) bond motifs is 1. The van der Waals surface area contributed by atoms with Gasteiger partial charge in [-0.25, -0.2) is 9.97 Å². The van der Waals surface area contributed by atoms with Gasteiger partial charge in [0.2, 0.25) is 5.95 Å². The number of rotatable bonds is 3. The van der Waals surface area contributed by atoms with E-state index in [-0.39, 0.29) is 0 Å². The highest BCUT2D eigenvalue weighted by atomic mass is 15.4. The Bertz CT molecular complexity index is 931. The van der Waals surface area contributed by atoms with E-state index in [1.54, 1.807) is 10.8 Å². The molecular formula is C18H15N5. The van der Waals surface area contributed by atoms with Crippen molar-refractivity contribution in [1.82, 2.24) is 19.6 Å². The average Bonchev–Trinajstić information content (AvgIpc) is 3.07. The molecule has 0 aliphatic carbocycles. The van der Waals surface area contributed by atoms with Gasteiger partial charge in [-0.05, 0) is 17.7 Å². The summed E-state index contributed by atoms with van der Waals surface area (Å²) in [6.07, 6.45) is 3.42. The second kappa shape index (κ2) is 5.53. The van der Waals surface area contributed by atoms with Crippen molar-refractivity contribution in [3.63, 3.8) is 0 Å². The Balaban J connectivity index is 1.86.